The molecule has 0 spiro atoms. The van der Waals surface area contributed by atoms with E-state index >= 15 is 0 Å². The third-order valence-electron chi connectivity index (χ3n) is 2.00. The van der Waals surface area contributed by atoms with Crippen molar-refractivity contribution in [2.24, 2.45) is 7.05 Å². The highest BCUT2D eigenvalue weighted by atomic mass is 16.2. The first-order valence-corrected chi connectivity index (χ1v) is 4.83. The summed E-state index contributed by atoms with van der Waals surface area (Å²) < 4.78 is 1.68. The molecule has 0 aliphatic rings. The van der Waals surface area contributed by atoms with Crippen LogP contribution in [0.25, 0.3) is 0 Å². The zero-order valence-corrected chi connectivity index (χ0v) is 8.91. The quantitative estimate of drug-likeness (QED) is 0.702. The lowest BCUT2D eigenvalue weighted by molar-refractivity contribution is -0.105. The van der Waals surface area contributed by atoms with Crippen molar-refractivity contribution >= 4 is 18.0 Å². The van der Waals surface area contributed by atoms with E-state index in [0.29, 0.717) is 24.3 Å². The van der Waals surface area contributed by atoms with Gasteiger partial charge in [0.2, 0.25) is 6.41 Å². The highest BCUT2D eigenvalue weighted by Gasteiger charge is 2.10. The van der Waals surface area contributed by atoms with Gasteiger partial charge >= 0.3 is 0 Å². The van der Waals surface area contributed by atoms with E-state index in [9.17, 15) is 9.59 Å². The number of aryl methyl sites for hydroxylation is 1. The number of hydrogen-bond acceptors (Lipinski definition) is 2. The van der Waals surface area contributed by atoms with Gasteiger partial charge in [-0.15, -0.1) is 0 Å². The summed E-state index contributed by atoms with van der Waals surface area (Å²) >= 11 is 0. The van der Waals surface area contributed by atoms with Crippen LogP contribution in [0.4, 0.5) is 5.69 Å². The first-order chi connectivity index (χ1) is 7.19. The number of hydrogen-bond donors (Lipinski definition) is 2. The van der Waals surface area contributed by atoms with Crippen LogP contribution >= 0.6 is 0 Å². The minimum absolute atomic E-state index is 0.127. The van der Waals surface area contributed by atoms with Gasteiger partial charge < -0.3 is 15.2 Å². The summed E-state index contributed by atoms with van der Waals surface area (Å²) in [6.45, 7) is 2.64. The van der Waals surface area contributed by atoms with E-state index in [1.165, 1.54) is 0 Å². The third-order valence-corrected chi connectivity index (χ3v) is 2.00. The van der Waals surface area contributed by atoms with Gasteiger partial charge in [-0.2, -0.15) is 0 Å². The van der Waals surface area contributed by atoms with Crippen molar-refractivity contribution in [3.63, 3.8) is 0 Å². The number of carbonyl (C=O) groups excluding carboxylic acids is 2. The molecule has 0 aliphatic heterocycles. The summed E-state index contributed by atoms with van der Waals surface area (Å²) in [5.74, 6) is -0.127. The van der Waals surface area contributed by atoms with Crippen LogP contribution in [0.15, 0.2) is 12.3 Å². The fraction of sp³-hybridized carbons (Fsp3) is 0.400. The van der Waals surface area contributed by atoms with Crippen molar-refractivity contribution in [2.75, 3.05) is 11.9 Å². The molecule has 0 unspecified atom stereocenters. The Labute approximate surface area is 88.5 Å². The van der Waals surface area contributed by atoms with Gasteiger partial charge in [-0.3, -0.25) is 9.59 Å². The van der Waals surface area contributed by atoms with Crippen LogP contribution in [0.1, 0.15) is 23.8 Å². The minimum Gasteiger partial charge on any atom is -0.351 e. The highest BCUT2D eigenvalue weighted by Crippen LogP contribution is 2.11. The normalized spacial score (nSPS) is 9.73. The topological polar surface area (TPSA) is 63.1 Å². The van der Waals surface area contributed by atoms with Crippen LogP contribution in [-0.2, 0) is 11.8 Å². The number of nitrogens with zero attached hydrogens (tertiary/aromatic N) is 1. The molecular formula is C10H15N3O2. The van der Waals surface area contributed by atoms with Crippen LogP contribution in [-0.4, -0.2) is 23.4 Å². The van der Waals surface area contributed by atoms with Crippen molar-refractivity contribution in [1.82, 2.24) is 9.88 Å². The van der Waals surface area contributed by atoms with Gasteiger partial charge in [-0.05, 0) is 12.5 Å². The predicted octanol–water partition coefficient (Wildman–Crippen LogP) is 0.733. The van der Waals surface area contributed by atoms with E-state index in [4.69, 9.17) is 0 Å². The van der Waals surface area contributed by atoms with Gasteiger partial charge in [0.1, 0.15) is 5.69 Å². The molecular weight excluding hydrogens is 194 g/mol. The fourth-order valence-corrected chi connectivity index (χ4v) is 1.27. The Bertz CT molecular complexity index is 358. The highest BCUT2D eigenvalue weighted by molar-refractivity contribution is 5.94. The van der Waals surface area contributed by atoms with Crippen LogP contribution < -0.4 is 10.6 Å². The van der Waals surface area contributed by atoms with Gasteiger partial charge in [-0.1, -0.05) is 6.92 Å². The van der Waals surface area contributed by atoms with E-state index < -0.39 is 0 Å². The van der Waals surface area contributed by atoms with E-state index in [2.05, 4.69) is 10.6 Å². The number of aromatic nitrogens is 1. The molecule has 0 radical (unpaired) electrons. The summed E-state index contributed by atoms with van der Waals surface area (Å²) in [5, 5.41) is 5.27. The van der Waals surface area contributed by atoms with Gasteiger partial charge in [0.15, 0.2) is 0 Å². The fourth-order valence-electron chi connectivity index (χ4n) is 1.27. The molecule has 1 heterocycles. The maximum atomic E-state index is 11.6. The molecule has 1 rings (SSSR count). The molecule has 0 bridgehead atoms. The second-order valence-corrected chi connectivity index (χ2v) is 3.24. The zero-order valence-electron chi connectivity index (χ0n) is 8.91. The van der Waals surface area contributed by atoms with Crippen LogP contribution in [0.2, 0.25) is 0 Å². The molecule has 1 aromatic rings. The summed E-state index contributed by atoms with van der Waals surface area (Å²) in [7, 11) is 1.76. The SMILES string of the molecule is CCCNC(=O)c1cc(NC=O)cn1C. The Morgan fingerprint density at radius 2 is 2.33 bits per heavy atom. The number of rotatable bonds is 5. The Morgan fingerprint density at radius 1 is 1.60 bits per heavy atom. The van der Waals surface area contributed by atoms with Gasteiger partial charge in [0.05, 0.1) is 5.69 Å². The first kappa shape index (κ1) is 11.3. The Balaban J connectivity index is 2.75. The van der Waals surface area contributed by atoms with Crippen LogP contribution in [0, 0.1) is 0 Å². The second kappa shape index (κ2) is 5.19. The molecule has 0 saturated carbocycles. The second-order valence-electron chi connectivity index (χ2n) is 3.24. The number of nitrogens with one attached hydrogen (secondary N) is 2. The predicted molar refractivity (Wildman–Crippen MR) is 57.7 cm³/mol. The molecule has 5 heteroatoms. The lowest BCUT2D eigenvalue weighted by Gasteiger charge is -2.03. The van der Waals surface area contributed by atoms with Gasteiger partial charge in [-0.25, -0.2) is 0 Å². The van der Waals surface area contributed by atoms with Crippen molar-refractivity contribution in [3.8, 4) is 0 Å². The summed E-state index contributed by atoms with van der Waals surface area (Å²) in [6, 6.07) is 1.64. The standard InChI is InChI=1S/C10H15N3O2/c1-3-4-11-10(15)9-5-8(12-7-14)6-13(9)2/h5-7H,3-4H2,1-2H3,(H,11,15)(H,12,14). The number of carbonyl (C=O) groups is 2. The average Bonchev–Trinajstić information content (AvgIpc) is 2.57. The molecule has 0 aliphatic carbocycles. The van der Waals surface area contributed by atoms with E-state index in [0.717, 1.165) is 6.42 Å². The Morgan fingerprint density at radius 3 is 2.93 bits per heavy atom. The molecule has 0 aromatic carbocycles. The van der Waals surface area contributed by atoms with Gasteiger partial charge in [0.25, 0.3) is 5.91 Å². The maximum absolute atomic E-state index is 11.6. The Kier molecular flexibility index (Phi) is 3.91. The van der Waals surface area contributed by atoms with Gasteiger partial charge in [0, 0.05) is 19.8 Å². The molecule has 2 N–H and O–H groups in total. The van der Waals surface area contributed by atoms with Crippen LogP contribution in [0.5, 0.6) is 0 Å². The largest absolute Gasteiger partial charge is 0.351 e. The molecule has 2 amide bonds. The van der Waals surface area contributed by atoms with Crippen molar-refractivity contribution in [2.45, 2.75) is 13.3 Å². The van der Waals surface area contributed by atoms with E-state index in [1.807, 2.05) is 6.92 Å². The van der Waals surface area contributed by atoms with Crippen LogP contribution in [0.3, 0.4) is 0 Å². The van der Waals surface area contributed by atoms with Crippen molar-refractivity contribution in [3.05, 3.63) is 18.0 Å². The van der Waals surface area contributed by atoms with E-state index in [1.54, 1.807) is 23.9 Å². The molecule has 82 valence electrons. The number of anilines is 1. The molecule has 0 atom stereocenters. The summed E-state index contributed by atoms with van der Waals surface area (Å²) in [4.78, 5) is 21.8. The molecule has 15 heavy (non-hydrogen) atoms. The molecule has 5 nitrogen and oxygen atoms in total. The molecule has 1 aromatic heterocycles. The minimum atomic E-state index is -0.127. The number of amides is 2. The lowest BCUT2D eigenvalue weighted by Crippen LogP contribution is -2.25. The average molecular weight is 209 g/mol. The van der Waals surface area contributed by atoms with E-state index in [-0.39, 0.29) is 5.91 Å². The van der Waals surface area contributed by atoms with Crippen molar-refractivity contribution in [1.29, 1.82) is 0 Å². The monoisotopic (exact) mass is 209 g/mol. The molecule has 0 saturated heterocycles. The zero-order chi connectivity index (χ0) is 11.3. The lowest BCUT2D eigenvalue weighted by atomic mass is 10.3. The van der Waals surface area contributed by atoms with Crippen molar-refractivity contribution < 1.29 is 9.59 Å². The molecule has 0 fully saturated rings. The maximum Gasteiger partial charge on any atom is 0.267 e. The third kappa shape index (κ3) is 2.83. The summed E-state index contributed by atoms with van der Waals surface area (Å²) in [5.41, 5.74) is 1.15. The first-order valence-electron chi connectivity index (χ1n) is 4.83. The summed E-state index contributed by atoms with van der Waals surface area (Å²) in [6.07, 6.45) is 3.17. The smallest absolute Gasteiger partial charge is 0.267 e. The Hall–Kier alpha value is -1.78.